The number of benzene rings is 1. The number of nitrogens with two attached hydrogens (primary N) is 2. The number of alkyl carbamates (subject to hydrolysis) is 1. The molecule has 5 N–H and O–H groups in total. The van der Waals surface area contributed by atoms with Crippen LogP contribution in [0.5, 0.6) is 0 Å². The molecule has 0 atom stereocenters. The van der Waals surface area contributed by atoms with Gasteiger partial charge in [-0.1, -0.05) is 19.1 Å². The molecule has 2 aliphatic rings. The summed E-state index contributed by atoms with van der Waals surface area (Å²) < 4.78 is 5.21. The Morgan fingerprint density at radius 2 is 1.92 bits per heavy atom. The Morgan fingerprint density at radius 1 is 1.16 bits per heavy atom. The van der Waals surface area contributed by atoms with Crippen LogP contribution in [-0.2, 0) is 20.9 Å². The molecule has 4 rings (SSSR count). The second kappa shape index (κ2) is 11.7. The Bertz CT molecular complexity index is 1240. The molecule has 0 saturated heterocycles. The number of amidine groups is 1. The highest BCUT2D eigenvalue weighted by Crippen LogP contribution is 2.31. The fourth-order valence-corrected chi connectivity index (χ4v) is 3.98. The van der Waals surface area contributed by atoms with Crippen molar-refractivity contribution in [3.63, 3.8) is 0 Å². The van der Waals surface area contributed by atoms with E-state index in [1.54, 1.807) is 18.5 Å². The molecule has 11 nitrogen and oxygen atoms in total. The van der Waals surface area contributed by atoms with Gasteiger partial charge in [0, 0.05) is 42.1 Å². The van der Waals surface area contributed by atoms with Gasteiger partial charge in [-0.25, -0.2) is 19.8 Å². The summed E-state index contributed by atoms with van der Waals surface area (Å²) in [5, 5.41) is 2.45. The lowest BCUT2D eigenvalue weighted by atomic mass is 9.96. The summed E-state index contributed by atoms with van der Waals surface area (Å²) in [6.45, 7) is 1.99. The SMILES string of the molecule is CCCN(C(=O)CNC(=O)OC1CCC1)C(=O)C1=Cc2ccc(-c3cnc(CN)nc3)cc2N=C(N)C1. The number of imide groups is 1. The standard InChI is InChI=1S/C26H31N7O4/c1-2-8-33(24(34)15-31-26(36)37-20-4-3-5-20)25(35)18-9-17-7-6-16(10-21(17)32-22(28)11-18)19-13-29-23(12-27)30-14-19/h6-7,9-10,13-14,20H,2-5,8,11-12,15,27H2,1H3,(H2,28,32)(H,31,36). The van der Waals surface area contributed by atoms with Crippen molar-refractivity contribution in [2.75, 3.05) is 13.1 Å². The van der Waals surface area contributed by atoms with Gasteiger partial charge in [0.25, 0.3) is 5.91 Å². The van der Waals surface area contributed by atoms with E-state index >= 15 is 0 Å². The number of aromatic nitrogens is 2. The third kappa shape index (κ3) is 6.36. The molecule has 0 radical (unpaired) electrons. The zero-order chi connectivity index (χ0) is 26.4. The van der Waals surface area contributed by atoms with Gasteiger partial charge in [-0.3, -0.25) is 14.5 Å². The lowest BCUT2D eigenvalue weighted by Gasteiger charge is -2.25. The molecule has 1 fully saturated rings. The summed E-state index contributed by atoms with van der Waals surface area (Å²) in [5.74, 6) is -0.198. The molecule has 1 aromatic carbocycles. The summed E-state index contributed by atoms with van der Waals surface area (Å²) in [7, 11) is 0. The lowest BCUT2D eigenvalue weighted by Crippen LogP contribution is -2.45. The van der Waals surface area contributed by atoms with Gasteiger partial charge in [0.15, 0.2) is 0 Å². The molecule has 1 aromatic heterocycles. The van der Waals surface area contributed by atoms with Crippen LogP contribution >= 0.6 is 0 Å². The molecule has 11 heteroatoms. The summed E-state index contributed by atoms with van der Waals surface area (Å²) in [4.78, 5) is 52.3. The van der Waals surface area contributed by atoms with Crippen LogP contribution < -0.4 is 16.8 Å². The van der Waals surface area contributed by atoms with Gasteiger partial charge in [-0.15, -0.1) is 0 Å². The third-order valence-corrected chi connectivity index (χ3v) is 6.19. The largest absolute Gasteiger partial charge is 0.446 e. The molecule has 2 heterocycles. The minimum absolute atomic E-state index is 0.0851. The first-order chi connectivity index (χ1) is 17.9. The van der Waals surface area contributed by atoms with Crippen LogP contribution in [0.1, 0.15) is 50.4 Å². The van der Waals surface area contributed by atoms with Crippen molar-refractivity contribution in [1.82, 2.24) is 20.2 Å². The molecule has 1 aliphatic heterocycles. The molecular formula is C26H31N7O4. The highest BCUT2D eigenvalue weighted by Gasteiger charge is 2.27. The van der Waals surface area contributed by atoms with E-state index < -0.39 is 17.9 Å². The van der Waals surface area contributed by atoms with Crippen LogP contribution in [-0.4, -0.2) is 57.8 Å². The number of hydrogen-bond donors (Lipinski definition) is 3. The number of hydrogen-bond acceptors (Lipinski definition) is 9. The number of carbonyl (C=O) groups excluding carboxylic acids is 3. The number of ether oxygens (including phenoxy) is 1. The fraction of sp³-hybridized carbons (Fsp3) is 0.385. The highest BCUT2D eigenvalue weighted by molar-refractivity contribution is 6.11. The molecular weight excluding hydrogens is 474 g/mol. The average Bonchev–Trinajstić information content (AvgIpc) is 3.05. The third-order valence-electron chi connectivity index (χ3n) is 6.19. The van der Waals surface area contributed by atoms with E-state index in [4.69, 9.17) is 16.2 Å². The minimum Gasteiger partial charge on any atom is -0.446 e. The van der Waals surface area contributed by atoms with Crippen LogP contribution in [0.25, 0.3) is 17.2 Å². The van der Waals surface area contributed by atoms with Crippen molar-refractivity contribution in [3.8, 4) is 11.1 Å². The van der Waals surface area contributed by atoms with E-state index in [2.05, 4.69) is 20.3 Å². The van der Waals surface area contributed by atoms with E-state index in [1.807, 2.05) is 25.1 Å². The molecule has 2 aromatic rings. The van der Waals surface area contributed by atoms with Gasteiger partial charge in [0.05, 0.1) is 12.2 Å². The van der Waals surface area contributed by atoms with Crippen LogP contribution in [0.15, 0.2) is 41.2 Å². The maximum atomic E-state index is 13.4. The summed E-state index contributed by atoms with van der Waals surface area (Å²) in [6, 6.07) is 5.56. The Labute approximate surface area is 215 Å². The summed E-state index contributed by atoms with van der Waals surface area (Å²) in [5.41, 5.74) is 15.0. The van der Waals surface area contributed by atoms with Gasteiger partial charge in [-0.2, -0.15) is 0 Å². The first-order valence-electron chi connectivity index (χ1n) is 12.4. The zero-order valence-electron chi connectivity index (χ0n) is 20.8. The van der Waals surface area contributed by atoms with Crippen LogP contribution in [0.2, 0.25) is 0 Å². The predicted octanol–water partition coefficient (Wildman–Crippen LogP) is 2.42. The van der Waals surface area contributed by atoms with E-state index in [-0.39, 0.29) is 38.0 Å². The van der Waals surface area contributed by atoms with Crippen molar-refractivity contribution >= 4 is 35.5 Å². The number of nitrogens with one attached hydrogen (secondary N) is 1. The highest BCUT2D eigenvalue weighted by atomic mass is 16.6. The number of carbonyl (C=O) groups is 3. The number of aliphatic imine (C=N–C) groups is 1. The molecule has 194 valence electrons. The molecule has 0 spiro atoms. The second-order valence-electron chi connectivity index (χ2n) is 8.98. The van der Waals surface area contributed by atoms with Gasteiger partial charge >= 0.3 is 6.09 Å². The molecule has 37 heavy (non-hydrogen) atoms. The molecule has 3 amide bonds. The lowest BCUT2D eigenvalue weighted by molar-refractivity contribution is -0.142. The molecule has 1 saturated carbocycles. The zero-order valence-corrected chi connectivity index (χ0v) is 20.8. The number of fused-ring (bicyclic) bond motifs is 1. The molecule has 0 unspecified atom stereocenters. The van der Waals surface area contributed by atoms with Crippen molar-refractivity contribution in [2.24, 2.45) is 16.5 Å². The van der Waals surface area contributed by atoms with Crippen LogP contribution in [0.4, 0.5) is 10.5 Å². The van der Waals surface area contributed by atoms with E-state index in [9.17, 15) is 14.4 Å². The minimum atomic E-state index is -0.653. The fourth-order valence-electron chi connectivity index (χ4n) is 3.98. The first-order valence-corrected chi connectivity index (χ1v) is 12.4. The summed E-state index contributed by atoms with van der Waals surface area (Å²) >= 11 is 0. The van der Waals surface area contributed by atoms with Gasteiger partial charge in [-0.05, 0) is 43.4 Å². The first kappa shape index (κ1) is 26.0. The van der Waals surface area contributed by atoms with Gasteiger partial charge in [0.1, 0.15) is 24.3 Å². The maximum Gasteiger partial charge on any atom is 0.407 e. The number of rotatable bonds is 8. The Kier molecular flexibility index (Phi) is 8.24. The topological polar surface area (TPSA) is 166 Å². The van der Waals surface area contributed by atoms with E-state index in [1.165, 1.54) is 0 Å². The average molecular weight is 506 g/mol. The van der Waals surface area contributed by atoms with Crippen molar-refractivity contribution in [1.29, 1.82) is 0 Å². The second-order valence-corrected chi connectivity index (χ2v) is 8.98. The Morgan fingerprint density at radius 3 is 2.57 bits per heavy atom. The van der Waals surface area contributed by atoms with E-state index in [0.717, 1.165) is 35.3 Å². The van der Waals surface area contributed by atoms with E-state index in [0.29, 0.717) is 29.1 Å². The quantitative estimate of drug-likeness (QED) is 0.492. The van der Waals surface area contributed by atoms with Crippen molar-refractivity contribution < 1.29 is 19.1 Å². The van der Waals surface area contributed by atoms with Gasteiger partial charge < -0.3 is 21.5 Å². The number of nitrogens with zero attached hydrogens (tertiary/aromatic N) is 4. The van der Waals surface area contributed by atoms with Crippen LogP contribution in [0, 0.1) is 0 Å². The molecule has 0 bridgehead atoms. The Balaban J connectivity index is 1.51. The van der Waals surface area contributed by atoms with Crippen molar-refractivity contribution in [2.45, 2.75) is 51.7 Å². The smallest absolute Gasteiger partial charge is 0.407 e. The normalized spacial score (nSPS) is 14.9. The maximum absolute atomic E-state index is 13.4. The molecule has 1 aliphatic carbocycles. The predicted molar refractivity (Wildman–Crippen MR) is 138 cm³/mol. The Hall–Kier alpha value is -4.12. The monoisotopic (exact) mass is 505 g/mol. The summed E-state index contributed by atoms with van der Waals surface area (Å²) in [6.07, 6.45) is 7.66. The number of amides is 3. The van der Waals surface area contributed by atoms with Gasteiger partial charge in [0.2, 0.25) is 5.91 Å². The van der Waals surface area contributed by atoms with Crippen molar-refractivity contribution in [3.05, 3.63) is 47.6 Å². The van der Waals surface area contributed by atoms with Crippen LogP contribution in [0.3, 0.4) is 0 Å².